The van der Waals surface area contributed by atoms with Gasteiger partial charge in [0.05, 0.1) is 12.3 Å². The van der Waals surface area contributed by atoms with Crippen LogP contribution < -0.4 is 20.1 Å². The highest BCUT2D eigenvalue weighted by atomic mass is 79.9. The summed E-state index contributed by atoms with van der Waals surface area (Å²) < 4.78 is 13.4. The van der Waals surface area contributed by atoms with Crippen molar-refractivity contribution in [2.24, 2.45) is 0 Å². The second kappa shape index (κ2) is 10.3. The predicted molar refractivity (Wildman–Crippen MR) is 128 cm³/mol. The van der Waals surface area contributed by atoms with E-state index in [1.807, 2.05) is 36.6 Å². The standard InChI is InChI=1S/C22H22BrN5O4S/c1-3-28-19(10-24-21(30)14-4-7-17-18(9-14)32-12-31-17)26-27-22(28)33-11-20(29)25-16-6-5-15(23)8-13(16)2/h4-9H,3,10-12H2,1-2H3,(H,24,30)(H,25,29). The Morgan fingerprint density at radius 3 is 2.76 bits per heavy atom. The molecular weight excluding hydrogens is 510 g/mol. The third-order valence-electron chi connectivity index (χ3n) is 4.95. The summed E-state index contributed by atoms with van der Waals surface area (Å²) in [4.78, 5) is 24.9. The molecule has 1 aromatic heterocycles. The molecule has 2 aromatic carbocycles. The van der Waals surface area contributed by atoms with Crippen LogP contribution in [0, 0.1) is 6.92 Å². The van der Waals surface area contributed by atoms with Crippen LogP contribution >= 0.6 is 27.7 Å². The molecule has 0 fully saturated rings. The smallest absolute Gasteiger partial charge is 0.251 e. The number of fused-ring (bicyclic) bond motifs is 1. The van der Waals surface area contributed by atoms with E-state index in [9.17, 15) is 9.59 Å². The van der Waals surface area contributed by atoms with Crippen molar-refractivity contribution < 1.29 is 19.1 Å². The fourth-order valence-corrected chi connectivity index (χ4v) is 4.55. The van der Waals surface area contributed by atoms with Crippen molar-refractivity contribution in [2.75, 3.05) is 17.9 Å². The number of aromatic nitrogens is 3. The Morgan fingerprint density at radius 1 is 1.15 bits per heavy atom. The molecule has 0 saturated heterocycles. The summed E-state index contributed by atoms with van der Waals surface area (Å²) in [6, 6.07) is 10.7. The highest BCUT2D eigenvalue weighted by Gasteiger charge is 2.18. The normalized spacial score (nSPS) is 12.0. The Bertz CT molecular complexity index is 1200. The minimum Gasteiger partial charge on any atom is -0.454 e. The zero-order chi connectivity index (χ0) is 23.4. The molecule has 4 rings (SSSR count). The van der Waals surface area contributed by atoms with E-state index in [1.165, 1.54) is 11.8 Å². The lowest BCUT2D eigenvalue weighted by molar-refractivity contribution is -0.113. The van der Waals surface area contributed by atoms with Crippen molar-refractivity contribution in [3.8, 4) is 11.5 Å². The van der Waals surface area contributed by atoms with Crippen molar-refractivity contribution in [3.05, 3.63) is 57.8 Å². The number of nitrogens with one attached hydrogen (secondary N) is 2. The molecule has 1 aliphatic heterocycles. The number of aryl methyl sites for hydroxylation is 1. The number of benzene rings is 2. The number of hydrogen-bond acceptors (Lipinski definition) is 7. The van der Waals surface area contributed by atoms with Crippen molar-refractivity contribution in [2.45, 2.75) is 32.1 Å². The Morgan fingerprint density at radius 2 is 1.97 bits per heavy atom. The molecule has 0 unspecified atom stereocenters. The maximum absolute atomic E-state index is 12.5. The van der Waals surface area contributed by atoms with Gasteiger partial charge in [0, 0.05) is 22.3 Å². The molecule has 0 saturated carbocycles. The summed E-state index contributed by atoms with van der Waals surface area (Å²) in [6.07, 6.45) is 0. The number of amides is 2. The fourth-order valence-electron chi connectivity index (χ4n) is 3.26. The number of anilines is 1. The highest BCUT2D eigenvalue weighted by Crippen LogP contribution is 2.32. The van der Waals surface area contributed by atoms with E-state index in [2.05, 4.69) is 36.8 Å². The van der Waals surface area contributed by atoms with E-state index in [1.54, 1.807) is 18.2 Å². The average molecular weight is 532 g/mol. The lowest BCUT2D eigenvalue weighted by atomic mass is 10.2. The van der Waals surface area contributed by atoms with Crippen molar-refractivity contribution in [1.82, 2.24) is 20.1 Å². The van der Waals surface area contributed by atoms with Crippen LogP contribution in [-0.4, -0.2) is 39.1 Å². The van der Waals surface area contributed by atoms with Gasteiger partial charge in [-0.2, -0.15) is 0 Å². The number of ether oxygens (including phenoxy) is 2. The van der Waals surface area contributed by atoms with E-state index < -0.39 is 0 Å². The molecule has 0 aliphatic carbocycles. The second-order valence-electron chi connectivity index (χ2n) is 7.19. The summed E-state index contributed by atoms with van der Waals surface area (Å²) in [5.41, 5.74) is 2.21. The first-order valence-corrected chi connectivity index (χ1v) is 12.0. The maximum Gasteiger partial charge on any atom is 0.251 e. The molecule has 2 heterocycles. The topological polar surface area (TPSA) is 107 Å². The van der Waals surface area contributed by atoms with Crippen molar-refractivity contribution in [1.29, 1.82) is 0 Å². The molecule has 0 spiro atoms. The fraction of sp³-hybridized carbons (Fsp3) is 0.273. The van der Waals surface area contributed by atoms with Gasteiger partial charge >= 0.3 is 0 Å². The monoisotopic (exact) mass is 531 g/mol. The van der Waals surface area contributed by atoms with Gasteiger partial charge in [0.2, 0.25) is 12.7 Å². The van der Waals surface area contributed by atoms with Crippen LogP contribution in [0.3, 0.4) is 0 Å². The Hall–Kier alpha value is -3.05. The maximum atomic E-state index is 12.5. The van der Waals surface area contributed by atoms with Crippen molar-refractivity contribution >= 4 is 45.2 Å². The SMILES string of the molecule is CCn1c(CNC(=O)c2ccc3c(c2)OCO3)nnc1SCC(=O)Nc1ccc(Br)cc1C. The first-order valence-electron chi connectivity index (χ1n) is 10.2. The lowest BCUT2D eigenvalue weighted by Gasteiger charge is -2.10. The van der Waals surface area contributed by atoms with Gasteiger partial charge in [0.1, 0.15) is 0 Å². The van der Waals surface area contributed by atoms with E-state index in [4.69, 9.17) is 9.47 Å². The number of hydrogen-bond donors (Lipinski definition) is 2. The number of nitrogens with zero attached hydrogens (tertiary/aromatic N) is 3. The van der Waals surface area contributed by atoms with Gasteiger partial charge in [-0.05, 0) is 55.8 Å². The highest BCUT2D eigenvalue weighted by molar-refractivity contribution is 9.10. The molecule has 2 N–H and O–H groups in total. The molecule has 33 heavy (non-hydrogen) atoms. The van der Waals surface area contributed by atoms with Crippen LogP contribution in [0.2, 0.25) is 0 Å². The Labute approximate surface area is 203 Å². The number of carbonyl (C=O) groups is 2. The van der Waals surface area contributed by atoms with E-state index >= 15 is 0 Å². The quantitative estimate of drug-likeness (QED) is 0.426. The largest absolute Gasteiger partial charge is 0.454 e. The number of thioether (sulfide) groups is 1. The summed E-state index contributed by atoms with van der Waals surface area (Å²) >= 11 is 4.71. The van der Waals surface area contributed by atoms with Gasteiger partial charge in [-0.3, -0.25) is 9.59 Å². The third-order valence-corrected chi connectivity index (χ3v) is 6.41. The molecule has 0 atom stereocenters. The minimum atomic E-state index is -0.252. The first-order chi connectivity index (χ1) is 15.9. The first kappa shape index (κ1) is 23.1. The Balaban J connectivity index is 1.33. The van der Waals surface area contributed by atoms with Crippen LogP contribution in [0.5, 0.6) is 11.5 Å². The summed E-state index contributed by atoms with van der Waals surface area (Å²) in [5.74, 6) is 1.59. The average Bonchev–Trinajstić information content (AvgIpc) is 3.43. The van der Waals surface area contributed by atoms with Crippen LogP contribution in [0.1, 0.15) is 28.7 Å². The van der Waals surface area contributed by atoms with Gasteiger partial charge in [-0.25, -0.2) is 0 Å². The number of halogens is 1. The molecule has 2 amide bonds. The van der Waals surface area contributed by atoms with Crippen LogP contribution in [0.15, 0.2) is 46.0 Å². The van der Waals surface area contributed by atoms with E-state index in [-0.39, 0.29) is 30.9 Å². The summed E-state index contributed by atoms with van der Waals surface area (Å²) in [7, 11) is 0. The molecule has 1 aliphatic rings. The second-order valence-corrected chi connectivity index (χ2v) is 9.05. The molecule has 172 valence electrons. The van der Waals surface area contributed by atoms with Gasteiger partial charge in [-0.1, -0.05) is 27.7 Å². The summed E-state index contributed by atoms with van der Waals surface area (Å²) in [6.45, 7) is 4.87. The van der Waals surface area contributed by atoms with Gasteiger partial charge in [0.25, 0.3) is 5.91 Å². The van der Waals surface area contributed by atoms with Gasteiger partial charge in [-0.15, -0.1) is 10.2 Å². The van der Waals surface area contributed by atoms with Crippen LogP contribution in [0.25, 0.3) is 0 Å². The third kappa shape index (κ3) is 5.48. The van der Waals surface area contributed by atoms with Gasteiger partial charge < -0.3 is 24.7 Å². The predicted octanol–water partition coefficient (Wildman–Crippen LogP) is 3.76. The minimum absolute atomic E-state index is 0.131. The van der Waals surface area contributed by atoms with Gasteiger partial charge in [0.15, 0.2) is 22.5 Å². The zero-order valence-corrected chi connectivity index (χ0v) is 20.5. The number of rotatable bonds is 8. The number of carbonyl (C=O) groups excluding carboxylic acids is 2. The Kier molecular flexibility index (Phi) is 7.19. The molecular formula is C22H22BrN5O4S. The molecule has 3 aromatic rings. The van der Waals surface area contributed by atoms with Crippen molar-refractivity contribution in [3.63, 3.8) is 0 Å². The molecule has 11 heteroatoms. The van der Waals surface area contributed by atoms with Crippen LogP contribution in [-0.2, 0) is 17.9 Å². The molecule has 9 nitrogen and oxygen atoms in total. The van der Waals surface area contributed by atoms with E-state index in [0.29, 0.717) is 34.6 Å². The molecule has 0 radical (unpaired) electrons. The van der Waals surface area contributed by atoms with Crippen LogP contribution in [0.4, 0.5) is 5.69 Å². The van der Waals surface area contributed by atoms with E-state index in [0.717, 1.165) is 15.7 Å². The molecule has 0 bridgehead atoms. The zero-order valence-electron chi connectivity index (χ0n) is 18.1. The lowest BCUT2D eigenvalue weighted by Crippen LogP contribution is -2.24. The summed E-state index contributed by atoms with van der Waals surface area (Å²) in [5, 5.41) is 14.8.